The van der Waals surface area contributed by atoms with Crippen molar-refractivity contribution in [1.29, 1.82) is 0 Å². The minimum Gasteiger partial charge on any atom is -0.356 e. The van der Waals surface area contributed by atoms with Crippen molar-refractivity contribution in [2.45, 2.75) is 19.4 Å². The minimum absolute atomic E-state index is 0.0495. The van der Waals surface area contributed by atoms with Crippen LogP contribution in [0.2, 0.25) is 0 Å². The number of pyridine rings is 2. The maximum absolute atomic E-state index is 11.7. The predicted molar refractivity (Wildman–Crippen MR) is 81.5 cm³/mol. The lowest BCUT2D eigenvalue weighted by Crippen LogP contribution is -2.28. The Morgan fingerprint density at radius 1 is 1.00 bits per heavy atom. The molecule has 0 spiro atoms. The van der Waals surface area contributed by atoms with E-state index in [2.05, 4.69) is 20.6 Å². The first kappa shape index (κ1) is 15.1. The van der Waals surface area contributed by atoms with Gasteiger partial charge < -0.3 is 10.6 Å². The molecule has 0 fully saturated rings. The third kappa shape index (κ3) is 6.14. The molecule has 21 heavy (non-hydrogen) atoms. The molecular formula is C16H20N4O. The van der Waals surface area contributed by atoms with Crippen molar-refractivity contribution in [3.05, 3.63) is 60.2 Å². The normalized spacial score (nSPS) is 10.3. The number of hydrogen-bond acceptors (Lipinski definition) is 4. The van der Waals surface area contributed by atoms with Crippen molar-refractivity contribution in [1.82, 2.24) is 20.6 Å². The molecule has 0 radical (unpaired) electrons. The van der Waals surface area contributed by atoms with Gasteiger partial charge >= 0.3 is 0 Å². The van der Waals surface area contributed by atoms with Crippen LogP contribution in [0.4, 0.5) is 0 Å². The Morgan fingerprint density at radius 2 is 1.86 bits per heavy atom. The van der Waals surface area contributed by atoms with Gasteiger partial charge in [-0.2, -0.15) is 0 Å². The van der Waals surface area contributed by atoms with Gasteiger partial charge in [0.2, 0.25) is 5.91 Å². The van der Waals surface area contributed by atoms with E-state index in [-0.39, 0.29) is 5.91 Å². The summed E-state index contributed by atoms with van der Waals surface area (Å²) < 4.78 is 0. The summed E-state index contributed by atoms with van der Waals surface area (Å²) in [5, 5.41) is 6.24. The number of rotatable bonds is 8. The van der Waals surface area contributed by atoms with Gasteiger partial charge in [0.15, 0.2) is 0 Å². The first-order chi connectivity index (χ1) is 10.3. The fourth-order valence-electron chi connectivity index (χ4n) is 1.93. The van der Waals surface area contributed by atoms with E-state index in [0.717, 1.165) is 25.1 Å². The molecule has 0 bridgehead atoms. The SMILES string of the molecule is O=C(Cc1ccncc1)NCCCNCc1cccnc1. The fraction of sp³-hybridized carbons (Fsp3) is 0.312. The van der Waals surface area contributed by atoms with E-state index >= 15 is 0 Å². The van der Waals surface area contributed by atoms with Crippen molar-refractivity contribution in [3.8, 4) is 0 Å². The second-order valence-corrected chi connectivity index (χ2v) is 4.77. The molecule has 0 aliphatic heterocycles. The summed E-state index contributed by atoms with van der Waals surface area (Å²) >= 11 is 0. The van der Waals surface area contributed by atoms with Crippen LogP contribution >= 0.6 is 0 Å². The molecule has 0 aliphatic carbocycles. The second-order valence-electron chi connectivity index (χ2n) is 4.77. The van der Waals surface area contributed by atoms with E-state index in [4.69, 9.17) is 0 Å². The Kier molecular flexibility index (Phi) is 6.35. The zero-order valence-corrected chi connectivity index (χ0v) is 12.0. The molecule has 0 unspecified atom stereocenters. The molecule has 1 amide bonds. The van der Waals surface area contributed by atoms with Crippen LogP contribution in [0.15, 0.2) is 49.1 Å². The lowest BCUT2D eigenvalue weighted by Gasteiger charge is -2.06. The highest BCUT2D eigenvalue weighted by Crippen LogP contribution is 1.97. The van der Waals surface area contributed by atoms with Gasteiger partial charge in [0, 0.05) is 37.9 Å². The lowest BCUT2D eigenvalue weighted by atomic mass is 10.2. The number of aromatic nitrogens is 2. The number of nitrogens with one attached hydrogen (secondary N) is 2. The van der Waals surface area contributed by atoms with Gasteiger partial charge in [0.1, 0.15) is 0 Å². The molecule has 0 saturated heterocycles. The van der Waals surface area contributed by atoms with E-state index < -0.39 is 0 Å². The van der Waals surface area contributed by atoms with E-state index in [1.165, 1.54) is 5.56 Å². The van der Waals surface area contributed by atoms with Gasteiger partial charge in [0.05, 0.1) is 6.42 Å². The lowest BCUT2D eigenvalue weighted by molar-refractivity contribution is -0.120. The third-order valence-corrected chi connectivity index (χ3v) is 3.02. The second kappa shape index (κ2) is 8.81. The van der Waals surface area contributed by atoms with Crippen LogP contribution in [0.25, 0.3) is 0 Å². The van der Waals surface area contributed by atoms with Crippen LogP contribution in [-0.4, -0.2) is 29.0 Å². The average molecular weight is 284 g/mol. The molecule has 0 aliphatic rings. The molecule has 2 aromatic rings. The summed E-state index contributed by atoms with van der Waals surface area (Å²) in [7, 11) is 0. The van der Waals surface area contributed by atoms with Crippen molar-refractivity contribution >= 4 is 5.91 Å². The number of hydrogen-bond donors (Lipinski definition) is 2. The topological polar surface area (TPSA) is 66.9 Å². The maximum atomic E-state index is 11.7. The average Bonchev–Trinajstić information content (AvgIpc) is 2.53. The molecule has 5 heteroatoms. The van der Waals surface area contributed by atoms with Gasteiger partial charge in [-0.15, -0.1) is 0 Å². The van der Waals surface area contributed by atoms with Crippen LogP contribution in [0.5, 0.6) is 0 Å². The standard InChI is InChI=1S/C16H20N4O/c21-16(11-14-4-9-17-10-5-14)20-8-2-7-19-13-15-3-1-6-18-12-15/h1,3-6,9-10,12,19H,2,7-8,11,13H2,(H,20,21). The van der Waals surface area contributed by atoms with Gasteiger partial charge in [-0.25, -0.2) is 0 Å². The summed E-state index contributed by atoms with van der Waals surface area (Å²) in [6.07, 6.45) is 8.33. The largest absolute Gasteiger partial charge is 0.356 e. The first-order valence-electron chi connectivity index (χ1n) is 7.10. The van der Waals surface area contributed by atoms with Crippen LogP contribution in [-0.2, 0) is 17.8 Å². The number of carbonyl (C=O) groups is 1. The van der Waals surface area contributed by atoms with Crippen molar-refractivity contribution in [3.63, 3.8) is 0 Å². The van der Waals surface area contributed by atoms with Gasteiger partial charge in [-0.1, -0.05) is 6.07 Å². The predicted octanol–water partition coefficient (Wildman–Crippen LogP) is 1.32. The number of amides is 1. The van der Waals surface area contributed by atoms with Crippen LogP contribution < -0.4 is 10.6 Å². The van der Waals surface area contributed by atoms with Crippen molar-refractivity contribution in [2.24, 2.45) is 0 Å². The number of nitrogens with zero attached hydrogens (tertiary/aromatic N) is 2. The summed E-state index contributed by atoms with van der Waals surface area (Å²) in [5.41, 5.74) is 2.15. The molecule has 2 aromatic heterocycles. The molecule has 5 nitrogen and oxygen atoms in total. The summed E-state index contributed by atoms with van der Waals surface area (Å²) in [6.45, 7) is 2.35. The van der Waals surface area contributed by atoms with Crippen molar-refractivity contribution in [2.75, 3.05) is 13.1 Å². The summed E-state index contributed by atoms with van der Waals surface area (Å²) in [4.78, 5) is 19.7. The molecule has 2 heterocycles. The summed E-state index contributed by atoms with van der Waals surface area (Å²) in [5.74, 6) is 0.0495. The monoisotopic (exact) mass is 284 g/mol. The zero-order chi connectivity index (χ0) is 14.8. The Hall–Kier alpha value is -2.27. The smallest absolute Gasteiger partial charge is 0.224 e. The zero-order valence-electron chi connectivity index (χ0n) is 12.0. The third-order valence-electron chi connectivity index (χ3n) is 3.02. The minimum atomic E-state index is 0.0495. The van der Waals surface area contributed by atoms with Gasteiger partial charge in [0.25, 0.3) is 0 Å². The molecule has 0 saturated carbocycles. The number of carbonyl (C=O) groups excluding carboxylic acids is 1. The Bertz CT molecular complexity index is 530. The first-order valence-corrected chi connectivity index (χ1v) is 7.10. The van der Waals surface area contributed by atoms with Crippen LogP contribution in [0, 0.1) is 0 Å². The van der Waals surface area contributed by atoms with E-state index in [1.807, 2.05) is 30.5 Å². The highest BCUT2D eigenvalue weighted by atomic mass is 16.1. The van der Waals surface area contributed by atoms with E-state index in [9.17, 15) is 4.79 Å². The Balaban J connectivity index is 1.52. The molecular weight excluding hydrogens is 264 g/mol. The highest BCUT2D eigenvalue weighted by molar-refractivity contribution is 5.78. The van der Waals surface area contributed by atoms with Gasteiger partial charge in [-0.3, -0.25) is 14.8 Å². The van der Waals surface area contributed by atoms with E-state index in [1.54, 1.807) is 18.6 Å². The maximum Gasteiger partial charge on any atom is 0.224 e. The Labute approximate surface area is 124 Å². The fourth-order valence-corrected chi connectivity index (χ4v) is 1.93. The molecule has 2 rings (SSSR count). The Morgan fingerprint density at radius 3 is 2.62 bits per heavy atom. The highest BCUT2D eigenvalue weighted by Gasteiger charge is 2.01. The van der Waals surface area contributed by atoms with Crippen LogP contribution in [0.1, 0.15) is 17.5 Å². The molecule has 0 aromatic carbocycles. The summed E-state index contributed by atoms with van der Waals surface area (Å²) in [6, 6.07) is 7.68. The van der Waals surface area contributed by atoms with Crippen LogP contribution in [0.3, 0.4) is 0 Å². The van der Waals surface area contributed by atoms with E-state index in [0.29, 0.717) is 13.0 Å². The molecule has 2 N–H and O–H groups in total. The van der Waals surface area contributed by atoms with Crippen molar-refractivity contribution < 1.29 is 4.79 Å². The molecule has 0 atom stereocenters. The quantitative estimate of drug-likeness (QED) is 0.717. The molecule has 110 valence electrons. The van der Waals surface area contributed by atoms with Gasteiger partial charge in [-0.05, 0) is 42.3 Å².